The van der Waals surface area contributed by atoms with Crippen molar-refractivity contribution in [1.82, 2.24) is 19.9 Å². The van der Waals surface area contributed by atoms with Crippen molar-refractivity contribution in [3.8, 4) is 0 Å². The molecule has 7 heteroatoms. The second-order valence-electron chi connectivity index (χ2n) is 6.32. The summed E-state index contributed by atoms with van der Waals surface area (Å²) in [5.41, 5.74) is 0.654. The Morgan fingerprint density at radius 3 is 1.96 bits per heavy atom. The fourth-order valence-electron chi connectivity index (χ4n) is 3.34. The molecule has 4 rings (SSSR count). The van der Waals surface area contributed by atoms with Gasteiger partial charge in [0.1, 0.15) is 5.15 Å². The maximum absolute atomic E-state index is 6.35. The van der Waals surface area contributed by atoms with Gasteiger partial charge in [0.2, 0.25) is 11.9 Å². The van der Waals surface area contributed by atoms with Gasteiger partial charge in [0.05, 0.1) is 5.39 Å². The standard InChI is InChI=1S/C16H21ClN6/c17-13-12-11-18-15(22-7-3-1-4-8-22)20-14(12)21-16(19-13)23-9-5-2-6-10-23/h11H,1-10H2. The first-order valence-electron chi connectivity index (χ1n) is 8.51. The number of halogens is 1. The molecule has 0 unspecified atom stereocenters. The van der Waals surface area contributed by atoms with Crippen LogP contribution in [0.15, 0.2) is 6.20 Å². The van der Waals surface area contributed by atoms with Crippen molar-refractivity contribution in [2.45, 2.75) is 38.5 Å². The Bertz CT molecular complexity index is 689. The molecule has 0 amide bonds. The lowest BCUT2D eigenvalue weighted by atomic mass is 10.1. The fourth-order valence-corrected chi connectivity index (χ4v) is 3.55. The summed E-state index contributed by atoms with van der Waals surface area (Å²) in [4.78, 5) is 22.7. The Labute approximate surface area is 140 Å². The summed E-state index contributed by atoms with van der Waals surface area (Å²) < 4.78 is 0. The van der Waals surface area contributed by atoms with E-state index in [2.05, 4.69) is 29.7 Å². The van der Waals surface area contributed by atoms with Crippen molar-refractivity contribution in [3.05, 3.63) is 11.3 Å². The summed E-state index contributed by atoms with van der Waals surface area (Å²) in [6.07, 6.45) is 9.09. The summed E-state index contributed by atoms with van der Waals surface area (Å²) in [7, 11) is 0. The fraction of sp³-hybridized carbons (Fsp3) is 0.625. The Morgan fingerprint density at radius 1 is 0.739 bits per heavy atom. The number of hydrogen-bond donors (Lipinski definition) is 0. The van der Waals surface area contributed by atoms with Gasteiger partial charge in [-0.2, -0.15) is 9.97 Å². The normalized spacial score (nSPS) is 19.3. The van der Waals surface area contributed by atoms with Crippen LogP contribution in [0.4, 0.5) is 11.9 Å². The zero-order valence-corrected chi connectivity index (χ0v) is 14.0. The summed E-state index contributed by atoms with van der Waals surface area (Å²) in [5.74, 6) is 1.46. The first kappa shape index (κ1) is 14.9. The molecular formula is C16H21ClN6. The predicted molar refractivity (Wildman–Crippen MR) is 92.3 cm³/mol. The molecule has 0 bridgehead atoms. The van der Waals surface area contributed by atoms with Crippen LogP contribution in [0, 0.1) is 0 Å². The third-order valence-corrected chi connectivity index (χ3v) is 4.95. The van der Waals surface area contributed by atoms with Gasteiger partial charge in [-0.15, -0.1) is 0 Å². The topological polar surface area (TPSA) is 58.0 Å². The highest BCUT2D eigenvalue weighted by Crippen LogP contribution is 2.25. The van der Waals surface area contributed by atoms with Crippen molar-refractivity contribution in [2.24, 2.45) is 0 Å². The molecule has 2 aliphatic rings. The van der Waals surface area contributed by atoms with Gasteiger partial charge in [-0.1, -0.05) is 11.6 Å². The van der Waals surface area contributed by atoms with Crippen LogP contribution in [0.2, 0.25) is 5.15 Å². The van der Waals surface area contributed by atoms with Crippen LogP contribution in [0.25, 0.3) is 11.0 Å². The zero-order chi connectivity index (χ0) is 15.6. The van der Waals surface area contributed by atoms with Gasteiger partial charge in [0.25, 0.3) is 0 Å². The van der Waals surface area contributed by atoms with E-state index in [4.69, 9.17) is 11.6 Å². The van der Waals surface area contributed by atoms with Crippen LogP contribution in [0.5, 0.6) is 0 Å². The first-order chi connectivity index (χ1) is 11.3. The lowest BCUT2D eigenvalue weighted by Crippen LogP contribution is -2.32. The van der Waals surface area contributed by atoms with Crippen LogP contribution in [-0.2, 0) is 0 Å². The molecule has 0 spiro atoms. The summed E-state index contributed by atoms with van der Waals surface area (Å²) in [5, 5.41) is 1.17. The van der Waals surface area contributed by atoms with E-state index in [0.29, 0.717) is 16.7 Å². The minimum absolute atomic E-state index is 0.445. The summed E-state index contributed by atoms with van der Waals surface area (Å²) in [6.45, 7) is 4.02. The summed E-state index contributed by atoms with van der Waals surface area (Å²) >= 11 is 6.35. The monoisotopic (exact) mass is 332 g/mol. The third kappa shape index (κ3) is 3.04. The highest BCUT2D eigenvalue weighted by atomic mass is 35.5. The molecular weight excluding hydrogens is 312 g/mol. The van der Waals surface area contributed by atoms with E-state index >= 15 is 0 Å². The van der Waals surface area contributed by atoms with Gasteiger partial charge in [0.15, 0.2) is 5.65 Å². The number of piperidine rings is 2. The van der Waals surface area contributed by atoms with E-state index in [9.17, 15) is 0 Å². The lowest BCUT2D eigenvalue weighted by molar-refractivity contribution is 0.567. The zero-order valence-electron chi connectivity index (χ0n) is 13.2. The SMILES string of the molecule is Clc1nc(N2CCCCC2)nc2nc(N3CCCCC3)ncc12. The van der Waals surface area contributed by atoms with E-state index < -0.39 is 0 Å². The molecule has 122 valence electrons. The first-order valence-corrected chi connectivity index (χ1v) is 8.89. The van der Waals surface area contributed by atoms with Crippen molar-refractivity contribution in [2.75, 3.05) is 36.0 Å². The van der Waals surface area contributed by atoms with E-state index in [1.54, 1.807) is 6.20 Å². The highest BCUT2D eigenvalue weighted by molar-refractivity contribution is 6.34. The minimum atomic E-state index is 0.445. The Morgan fingerprint density at radius 2 is 1.30 bits per heavy atom. The molecule has 2 aromatic heterocycles. The number of anilines is 2. The number of fused-ring (bicyclic) bond motifs is 1. The van der Waals surface area contributed by atoms with Crippen LogP contribution < -0.4 is 9.80 Å². The maximum Gasteiger partial charge on any atom is 0.228 e. The Kier molecular flexibility index (Phi) is 4.16. The second-order valence-corrected chi connectivity index (χ2v) is 6.68. The molecule has 2 saturated heterocycles. The van der Waals surface area contributed by atoms with Gasteiger partial charge < -0.3 is 9.80 Å². The van der Waals surface area contributed by atoms with Gasteiger partial charge in [-0.25, -0.2) is 9.97 Å². The van der Waals surface area contributed by atoms with Gasteiger partial charge >= 0.3 is 0 Å². The molecule has 23 heavy (non-hydrogen) atoms. The van der Waals surface area contributed by atoms with Gasteiger partial charge in [-0.3, -0.25) is 0 Å². The molecule has 4 heterocycles. The molecule has 0 saturated carbocycles. The van der Waals surface area contributed by atoms with Gasteiger partial charge in [0, 0.05) is 32.4 Å². The average molecular weight is 333 g/mol. The Balaban J connectivity index is 1.70. The van der Waals surface area contributed by atoms with Crippen molar-refractivity contribution < 1.29 is 0 Å². The molecule has 2 aromatic rings. The van der Waals surface area contributed by atoms with Crippen molar-refractivity contribution in [1.29, 1.82) is 0 Å². The van der Waals surface area contributed by atoms with E-state index in [1.807, 2.05) is 0 Å². The molecule has 0 atom stereocenters. The van der Waals surface area contributed by atoms with Crippen LogP contribution in [0.3, 0.4) is 0 Å². The smallest absolute Gasteiger partial charge is 0.228 e. The van der Waals surface area contributed by atoms with E-state index in [1.165, 1.54) is 38.5 Å². The molecule has 6 nitrogen and oxygen atoms in total. The minimum Gasteiger partial charge on any atom is -0.341 e. The quantitative estimate of drug-likeness (QED) is 0.788. The van der Waals surface area contributed by atoms with E-state index in [0.717, 1.165) is 37.5 Å². The Hall–Kier alpha value is -1.69. The second kappa shape index (κ2) is 6.43. The molecule has 0 aliphatic carbocycles. The van der Waals surface area contributed by atoms with Crippen LogP contribution in [0.1, 0.15) is 38.5 Å². The highest BCUT2D eigenvalue weighted by Gasteiger charge is 2.18. The molecule has 0 aromatic carbocycles. The lowest BCUT2D eigenvalue weighted by Gasteiger charge is -2.27. The molecule has 2 fully saturated rings. The van der Waals surface area contributed by atoms with Crippen LogP contribution in [-0.4, -0.2) is 46.1 Å². The number of rotatable bonds is 2. The maximum atomic E-state index is 6.35. The number of hydrogen-bond acceptors (Lipinski definition) is 6. The summed E-state index contributed by atoms with van der Waals surface area (Å²) in [6, 6.07) is 0. The molecule has 0 N–H and O–H groups in total. The third-order valence-electron chi connectivity index (χ3n) is 4.66. The molecule has 0 radical (unpaired) electrons. The average Bonchev–Trinajstić information content (AvgIpc) is 2.63. The largest absolute Gasteiger partial charge is 0.341 e. The number of nitrogens with zero attached hydrogens (tertiary/aromatic N) is 6. The number of aromatic nitrogens is 4. The van der Waals surface area contributed by atoms with E-state index in [-0.39, 0.29) is 0 Å². The van der Waals surface area contributed by atoms with Crippen LogP contribution >= 0.6 is 11.6 Å². The predicted octanol–water partition coefficient (Wildman–Crippen LogP) is 3.05. The molecule has 2 aliphatic heterocycles. The van der Waals surface area contributed by atoms with Crippen molar-refractivity contribution in [3.63, 3.8) is 0 Å². The van der Waals surface area contributed by atoms with Gasteiger partial charge in [-0.05, 0) is 38.5 Å². The van der Waals surface area contributed by atoms with Crippen molar-refractivity contribution >= 4 is 34.5 Å².